The lowest BCUT2D eigenvalue weighted by Crippen LogP contribution is -2.29. The van der Waals surface area contributed by atoms with Crippen molar-refractivity contribution >= 4 is 11.6 Å². The van der Waals surface area contributed by atoms with E-state index in [0.29, 0.717) is 18.1 Å². The van der Waals surface area contributed by atoms with E-state index >= 15 is 0 Å². The van der Waals surface area contributed by atoms with E-state index in [1.807, 2.05) is 0 Å². The molecule has 18 heavy (non-hydrogen) atoms. The lowest BCUT2D eigenvalue weighted by atomic mass is 9.80. The SMILES string of the molecule is Cn1c(CCl)nnc1C1CCCC(C(F)(F)F)C1. The summed E-state index contributed by atoms with van der Waals surface area (Å²) in [5.74, 6) is 0.0616. The Balaban J connectivity index is 2.16. The van der Waals surface area contributed by atoms with E-state index in [4.69, 9.17) is 11.6 Å². The summed E-state index contributed by atoms with van der Waals surface area (Å²) in [6, 6.07) is 0. The topological polar surface area (TPSA) is 30.7 Å². The third-order valence-corrected chi connectivity index (χ3v) is 3.86. The maximum Gasteiger partial charge on any atom is 0.391 e. The normalized spacial score (nSPS) is 25.4. The third-order valence-electron chi connectivity index (χ3n) is 3.62. The Morgan fingerprint density at radius 1 is 1.33 bits per heavy atom. The van der Waals surface area contributed by atoms with Crippen molar-refractivity contribution < 1.29 is 13.2 Å². The Morgan fingerprint density at radius 3 is 2.61 bits per heavy atom. The van der Waals surface area contributed by atoms with Gasteiger partial charge < -0.3 is 4.57 Å². The smallest absolute Gasteiger partial charge is 0.317 e. The van der Waals surface area contributed by atoms with Crippen LogP contribution < -0.4 is 0 Å². The summed E-state index contributed by atoms with van der Waals surface area (Å²) in [5, 5.41) is 7.88. The van der Waals surface area contributed by atoms with Crippen LogP contribution in [0.5, 0.6) is 0 Å². The molecule has 1 aromatic rings. The first-order chi connectivity index (χ1) is 8.43. The van der Waals surface area contributed by atoms with E-state index in [1.54, 1.807) is 11.6 Å². The van der Waals surface area contributed by atoms with Crippen LogP contribution >= 0.6 is 11.6 Å². The van der Waals surface area contributed by atoms with Crippen LogP contribution in [-0.2, 0) is 12.9 Å². The Labute approximate surface area is 108 Å². The number of alkyl halides is 4. The summed E-state index contributed by atoms with van der Waals surface area (Å²) < 4.78 is 39.9. The number of aromatic nitrogens is 3. The van der Waals surface area contributed by atoms with Gasteiger partial charge in [-0.15, -0.1) is 21.8 Å². The standard InChI is InChI=1S/C11H15ClF3N3/c1-18-9(6-12)16-17-10(18)7-3-2-4-8(5-7)11(13,14)15/h7-8H,2-6H2,1H3. The van der Waals surface area contributed by atoms with Crippen LogP contribution in [-0.4, -0.2) is 20.9 Å². The van der Waals surface area contributed by atoms with E-state index in [0.717, 1.165) is 6.42 Å². The fourth-order valence-corrected chi connectivity index (χ4v) is 2.80. The highest BCUT2D eigenvalue weighted by Gasteiger charge is 2.43. The number of nitrogens with zero attached hydrogens (tertiary/aromatic N) is 3. The van der Waals surface area contributed by atoms with Gasteiger partial charge in [0, 0.05) is 13.0 Å². The molecule has 1 heterocycles. The van der Waals surface area contributed by atoms with Crippen molar-refractivity contribution in [1.29, 1.82) is 0 Å². The van der Waals surface area contributed by atoms with E-state index in [-0.39, 0.29) is 24.6 Å². The van der Waals surface area contributed by atoms with E-state index in [1.165, 1.54) is 0 Å². The molecular weight excluding hydrogens is 267 g/mol. The fraction of sp³-hybridized carbons (Fsp3) is 0.818. The summed E-state index contributed by atoms with van der Waals surface area (Å²) in [6.45, 7) is 0. The molecule has 0 spiro atoms. The van der Waals surface area contributed by atoms with Crippen LogP contribution in [0.2, 0.25) is 0 Å². The second-order valence-corrected chi connectivity index (χ2v) is 5.04. The molecule has 102 valence electrons. The Hall–Kier alpha value is -0.780. The number of halogens is 4. The minimum absolute atomic E-state index is 0.109. The minimum atomic E-state index is -4.10. The molecule has 1 aliphatic carbocycles. The molecule has 0 aliphatic heterocycles. The van der Waals surface area contributed by atoms with Gasteiger partial charge in [-0.3, -0.25) is 0 Å². The summed E-state index contributed by atoms with van der Waals surface area (Å²) in [7, 11) is 1.75. The zero-order chi connectivity index (χ0) is 13.3. The molecule has 0 N–H and O–H groups in total. The molecule has 0 bridgehead atoms. The second kappa shape index (κ2) is 5.07. The molecule has 2 unspecified atom stereocenters. The molecule has 0 amide bonds. The minimum Gasteiger partial charge on any atom is -0.317 e. The van der Waals surface area contributed by atoms with Gasteiger partial charge in [0.2, 0.25) is 0 Å². The van der Waals surface area contributed by atoms with Crippen LogP contribution in [0.25, 0.3) is 0 Å². The van der Waals surface area contributed by atoms with Crippen LogP contribution in [0.3, 0.4) is 0 Å². The highest BCUT2D eigenvalue weighted by molar-refractivity contribution is 6.16. The zero-order valence-corrected chi connectivity index (χ0v) is 10.8. The predicted octanol–water partition coefficient (Wildman–Crippen LogP) is 3.39. The monoisotopic (exact) mass is 281 g/mol. The van der Waals surface area contributed by atoms with Crippen LogP contribution in [0.4, 0.5) is 13.2 Å². The lowest BCUT2D eigenvalue weighted by Gasteiger charge is -2.29. The van der Waals surface area contributed by atoms with E-state index in [9.17, 15) is 13.2 Å². The van der Waals surface area contributed by atoms with Gasteiger partial charge in [0.1, 0.15) is 11.6 Å². The van der Waals surface area contributed by atoms with Gasteiger partial charge in [-0.05, 0) is 19.3 Å². The molecule has 3 nitrogen and oxygen atoms in total. The maximum absolute atomic E-state index is 12.7. The summed E-state index contributed by atoms with van der Waals surface area (Å²) in [5.41, 5.74) is 0. The van der Waals surface area contributed by atoms with E-state index in [2.05, 4.69) is 10.2 Å². The number of rotatable bonds is 2. The quantitative estimate of drug-likeness (QED) is 0.778. The average molecular weight is 282 g/mol. The molecule has 7 heteroatoms. The summed E-state index contributed by atoms with van der Waals surface area (Å²) in [6.07, 6.45) is -2.46. The van der Waals surface area contributed by atoms with Crippen molar-refractivity contribution in [2.75, 3.05) is 0 Å². The Bertz CT molecular complexity index is 416. The first-order valence-electron chi connectivity index (χ1n) is 5.94. The Morgan fingerprint density at radius 2 is 2.06 bits per heavy atom. The van der Waals surface area contributed by atoms with Gasteiger partial charge in [0.15, 0.2) is 0 Å². The van der Waals surface area contributed by atoms with Gasteiger partial charge in [-0.25, -0.2) is 0 Å². The van der Waals surface area contributed by atoms with Crippen LogP contribution in [0, 0.1) is 5.92 Å². The molecule has 1 aliphatic rings. The van der Waals surface area contributed by atoms with Crippen LogP contribution in [0.1, 0.15) is 43.3 Å². The van der Waals surface area contributed by atoms with E-state index < -0.39 is 12.1 Å². The molecule has 1 aromatic heterocycles. The Kier molecular flexibility index (Phi) is 3.84. The third kappa shape index (κ3) is 2.63. The number of hydrogen-bond donors (Lipinski definition) is 0. The summed E-state index contributed by atoms with van der Waals surface area (Å²) >= 11 is 5.68. The molecule has 2 rings (SSSR count). The van der Waals surface area contributed by atoms with Crippen molar-refractivity contribution in [1.82, 2.24) is 14.8 Å². The highest BCUT2D eigenvalue weighted by atomic mass is 35.5. The molecule has 0 aromatic carbocycles. The molecule has 0 radical (unpaired) electrons. The van der Waals surface area contributed by atoms with Gasteiger partial charge in [-0.1, -0.05) is 6.42 Å². The lowest BCUT2D eigenvalue weighted by molar-refractivity contribution is -0.183. The fourth-order valence-electron chi connectivity index (χ4n) is 2.57. The van der Waals surface area contributed by atoms with Gasteiger partial charge in [-0.2, -0.15) is 13.2 Å². The first-order valence-corrected chi connectivity index (χ1v) is 6.47. The largest absolute Gasteiger partial charge is 0.391 e. The predicted molar refractivity (Wildman–Crippen MR) is 61.3 cm³/mol. The highest BCUT2D eigenvalue weighted by Crippen LogP contribution is 2.43. The van der Waals surface area contributed by atoms with Crippen molar-refractivity contribution in [3.05, 3.63) is 11.6 Å². The molecular formula is C11H15ClF3N3. The summed E-state index contributed by atoms with van der Waals surface area (Å²) in [4.78, 5) is 0. The zero-order valence-electron chi connectivity index (χ0n) is 10.0. The molecule has 1 saturated carbocycles. The second-order valence-electron chi connectivity index (χ2n) is 4.77. The molecule has 1 fully saturated rings. The van der Waals surface area contributed by atoms with Gasteiger partial charge in [0.05, 0.1) is 11.8 Å². The first kappa shape index (κ1) is 13.6. The van der Waals surface area contributed by atoms with Crippen molar-refractivity contribution in [2.45, 2.75) is 43.7 Å². The maximum atomic E-state index is 12.7. The van der Waals surface area contributed by atoms with Crippen molar-refractivity contribution in [3.8, 4) is 0 Å². The van der Waals surface area contributed by atoms with Gasteiger partial charge in [0.25, 0.3) is 0 Å². The average Bonchev–Trinajstić information content (AvgIpc) is 2.69. The number of hydrogen-bond acceptors (Lipinski definition) is 2. The molecule has 2 atom stereocenters. The van der Waals surface area contributed by atoms with Crippen LogP contribution in [0.15, 0.2) is 0 Å². The van der Waals surface area contributed by atoms with Gasteiger partial charge >= 0.3 is 6.18 Å². The van der Waals surface area contributed by atoms with Crippen molar-refractivity contribution in [2.24, 2.45) is 13.0 Å². The molecule has 0 saturated heterocycles. The van der Waals surface area contributed by atoms with Crippen molar-refractivity contribution in [3.63, 3.8) is 0 Å².